The van der Waals surface area contributed by atoms with Crippen LogP contribution in [0.15, 0.2) is 79.1 Å². The molecule has 3 N–H and O–H groups in total. The van der Waals surface area contributed by atoms with E-state index >= 15 is 0 Å². The van der Waals surface area contributed by atoms with Crippen LogP contribution >= 0.6 is 0 Å². The van der Waals surface area contributed by atoms with Crippen molar-refractivity contribution >= 4 is 22.7 Å². The summed E-state index contributed by atoms with van der Waals surface area (Å²) in [5.41, 5.74) is 5.60. The lowest BCUT2D eigenvalue weighted by atomic mass is 10.0. The van der Waals surface area contributed by atoms with E-state index in [1.54, 1.807) is 54.3 Å². The summed E-state index contributed by atoms with van der Waals surface area (Å²) in [5.74, 6) is -0.333. The Morgan fingerprint density at radius 1 is 1.03 bits per heavy atom. The van der Waals surface area contributed by atoms with Crippen LogP contribution in [0.25, 0.3) is 10.9 Å². The average Bonchev–Trinajstić information content (AvgIpc) is 2.87. The molecule has 0 saturated carbocycles. The summed E-state index contributed by atoms with van der Waals surface area (Å²) < 4.78 is 5.96. The van der Waals surface area contributed by atoms with Crippen molar-refractivity contribution < 1.29 is 19.5 Å². The Labute approximate surface area is 196 Å². The summed E-state index contributed by atoms with van der Waals surface area (Å²) >= 11 is 0. The fraction of sp³-hybridized carbons (Fsp3) is 0.154. The van der Waals surface area contributed by atoms with Gasteiger partial charge in [-0.3, -0.25) is 24.8 Å². The molecule has 2 aromatic heterocycles. The van der Waals surface area contributed by atoms with Crippen LogP contribution in [0, 0.1) is 6.92 Å². The number of carbonyl (C=O) groups is 2. The van der Waals surface area contributed by atoms with Crippen molar-refractivity contribution in [3.05, 3.63) is 102 Å². The molecule has 0 saturated heterocycles. The second-order valence-corrected chi connectivity index (χ2v) is 7.80. The fourth-order valence-corrected chi connectivity index (χ4v) is 3.70. The normalized spacial score (nSPS) is 11.6. The van der Waals surface area contributed by atoms with Gasteiger partial charge in [-0.15, -0.1) is 0 Å². The van der Waals surface area contributed by atoms with Gasteiger partial charge in [-0.05, 0) is 61.0 Å². The van der Waals surface area contributed by atoms with Crippen LogP contribution in [0.4, 0.5) is 0 Å². The van der Waals surface area contributed by atoms with Gasteiger partial charge in [-0.25, -0.2) is 5.48 Å². The fourth-order valence-electron chi connectivity index (χ4n) is 3.70. The van der Waals surface area contributed by atoms with Gasteiger partial charge < -0.3 is 10.1 Å². The maximum absolute atomic E-state index is 12.8. The van der Waals surface area contributed by atoms with Crippen LogP contribution in [-0.2, 0) is 11.4 Å². The number of nitrogens with zero attached hydrogens (tertiary/aromatic N) is 2. The molecule has 0 fully saturated rings. The van der Waals surface area contributed by atoms with E-state index in [4.69, 9.17) is 9.94 Å². The Balaban J connectivity index is 1.44. The third-order valence-electron chi connectivity index (χ3n) is 5.37. The molecule has 2 amide bonds. The van der Waals surface area contributed by atoms with Crippen molar-refractivity contribution in [3.63, 3.8) is 0 Å². The molecule has 8 heteroatoms. The lowest BCUT2D eigenvalue weighted by molar-refractivity contribution is -0.129. The molecule has 2 aromatic carbocycles. The zero-order valence-corrected chi connectivity index (χ0v) is 18.6. The minimum atomic E-state index is -0.623. The molecule has 0 aliphatic carbocycles. The first-order chi connectivity index (χ1) is 16.5. The number of nitrogens with one attached hydrogen (secondary N) is 2. The first kappa shape index (κ1) is 22.9. The summed E-state index contributed by atoms with van der Waals surface area (Å²) in [5, 5.41) is 12.7. The molecule has 34 heavy (non-hydrogen) atoms. The van der Waals surface area contributed by atoms with E-state index in [0.717, 1.165) is 22.2 Å². The minimum absolute atomic E-state index is 0.118. The highest BCUT2D eigenvalue weighted by atomic mass is 16.5. The SMILES string of the molecule is Cc1cc(COc2ccc(C(=O)NC(CC(=O)NO)c3ccncc3)cc2)c2ccccc2n1. The highest BCUT2D eigenvalue weighted by Crippen LogP contribution is 2.22. The first-order valence-corrected chi connectivity index (χ1v) is 10.8. The van der Waals surface area contributed by atoms with Gasteiger partial charge in [0, 0.05) is 34.6 Å². The number of fused-ring (bicyclic) bond motifs is 1. The number of rotatable bonds is 8. The molecule has 8 nitrogen and oxygen atoms in total. The molecule has 4 rings (SSSR count). The highest BCUT2D eigenvalue weighted by Gasteiger charge is 2.19. The smallest absolute Gasteiger partial charge is 0.251 e. The van der Waals surface area contributed by atoms with Crippen molar-refractivity contribution in [2.24, 2.45) is 0 Å². The Hall–Kier alpha value is -4.30. The third-order valence-corrected chi connectivity index (χ3v) is 5.37. The summed E-state index contributed by atoms with van der Waals surface area (Å²) in [7, 11) is 0. The molecule has 2 heterocycles. The van der Waals surface area contributed by atoms with Crippen molar-refractivity contribution in [1.29, 1.82) is 0 Å². The van der Waals surface area contributed by atoms with Gasteiger partial charge >= 0.3 is 0 Å². The number of aromatic nitrogens is 2. The lowest BCUT2D eigenvalue weighted by Crippen LogP contribution is -2.32. The van der Waals surface area contributed by atoms with Crippen molar-refractivity contribution in [3.8, 4) is 5.75 Å². The standard InChI is InChI=1S/C26H24N4O4/c1-17-14-20(22-4-2-3-5-23(22)28-17)16-34-21-8-6-19(7-9-21)26(32)29-24(15-25(31)30-33)18-10-12-27-13-11-18/h2-14,24,33H,15-16H2,1H3,(H,29,32)(H,30,31). The average molecular weight is 457 g/mol. The second kappa shape index (κ2) is 10.5. The Bertz CT molecular complexity index is 1290. The zero-order chi connectivity index (χ0) is 23.9. The molecule has 0 radical (unpaired) electrons. The molecule has 1 unspecified atom stereocenters. The zero-order valence-electron chi connectivity index (χ0n) is 18.6. The number of para-hydroxylation sites is 1. The largest absolute Gasteiger partial charge is 0.489 e. The summed E-state index contributed by atoms with van der Waals surface area (Å²) in [6.07, 6.45) is 3.03. The number of hydroxylamine groups is 1. The number of hydrogen-bond acceptors (Lipinski definition) is 6. The molecule has 0 bridgehead atoms. The summed E-state index contributed by atoms with van der Waals surface area (Å²) in [4.78, 5) is 33.0. The Morgan fingerprint density at radius 3 is 2.50 bits per heavy atom. The molecule has 0 aliphatic heterocycles. The van der Waals surface area contributed by atoms with Crippen LogP contribution in [0.3, 0.4) is 0 Å². The van der Waals surface area contributed by atoms with Gasteiger partial charge in [-0.2, -0.15) is 0 Å². The summed E-state index contributed by atoms with van der Waals surface area (Å²) in [6, 6.07) is 19.5. The van der Waals surface area contributed by atoms with Crippen LogP contribution in [-0.4, -0.2) is 27.0 Å². The van der Waals surface area contributed by atoms with Gasteiger partial charge in [0.25, 0.3) is 5.91 Å². The second-order valence-electron chi connectivity index (χ2n) is 7.80. The molecule has 0 aliphatic rings. The van der Waals surface area contributed by atoms with E-state index in [9.17, 15) is 9.59 Å². The quantitative estimate of drug-likeness (QED) is 0.274. The van der Waals surface area contributed by atoms with E-state index in [0.29, 0.717) is 23.5 Å². The van der Waals surface area contributed by atoms with Gasteiger partial charge in [0.1, 0.15) is 12.4 Å². The van der Waals surface area contributed by atoms with E-state index in [2.05, 4.69) is 15.3 Å². The van der Waals surface area contributed by atoms with Crippen molar-refractivity contribution in [2.75, 3.05) is 0 Å². The summed E-state index contributed by atoms with van der Waals surface area (Å²) in [6.45, 7) is 2.32. The van der Waals surface area contributed by atoms with E-state index < -0.39 is 11.9 Å². The molecule has 0 spiro atoms. The van der Waals surface area contributed by atoms with Crippen molar-refractivity contribution in [2.45, 2.75) is 26.0 Å². The lowest BCUT2D eigenvalue weighted by Gasteiger charge is -2.18. The van der Waals surface area contributed by atoms with E-state index in [-0.39, 0.29) is 12.3 Å². The van der Waals surface area contributed by atoms with Crippen LogP contribution in [0.1, 0.15) is 39.6 Å². The van der Waals surface area contributed by atoms with E-state index in [1.807, 2.05) is 37.3 Å². The maximum Gasteiger partial charge on any atom is 0.251 e. The minimum Gasteiger partial charge on any atom is -0.489 e. The van der Waals surface area contributed by atoms with Crippen LogP contribution in [0.2, 0.25) is 0 Å². The Morgan fingerprint density at radius 2 is 1.76 bits per heavy atom. The number of amides is 2. The van der Waals surface area contributed by atoms with Gasteiger partial charge in [-0.1, -0.05) is 18.2 Å². The first-order valence-electron chi connectivity index (χ1n) is 10.8. The molecule has 1 atom stereocenters. The van der Waals surface area contributed by atoms with Crippen molar-refractivity contribution in [1.82, 2.24) is 20.8 Å². The predicted octanol–water partition coefficient (Wildman–Crippen LogP) is 3.88. The highest BCUT2D eigenvalue weighted by molar-refractivity contribution is 5.95. The molecule has 172 valence electrons. The number of hydrogen-bond donors (Lipinski definition) is 3. The number of aryl methyl sites for hydroxylation is 1. The number of ether oxygens (including phenoxy) is 1. The predicted molar refractivity (Wildman–Crippen MR) is 126 cm³/mol. The molecule has 4 aromatic rings. The maximum atomic E-state index is 12.8. The topological polar surface area (TPSA) is 113 Å². The molecular weight excluding hydrogens is 432 g/mol. The number of carbonyl (C=O) groups excluding carboxylic acids is 2. The van der Waals surface area contributed by atoms with Crippen LogP contribution < -0.4 is 15.5 Å². The van der Waals surface area contributed by atoms with Gasteiger partial charge in [0.05, 0.1) is 18.0 Å². The van der Waals surface area contributed by atoms with Gasteiger partial charge in [0.15, 0.2) is 0 Å². The monoisotopic (exact) mass is 456 g/mol. The third kappa shape index (κ3) is 5.54. The van der Waals surface area contributed by atoms with Gasteiger partial charge in [0.2, 0.25) is 5.91 Å². The number of pyridine rings is 2. The van der Waals surface area contributed by atoms with E-state index in [1.165, 1.54) is 0 Å². The molecular formula is C26H24N4O4. The van der Waals surface area contributed by atoms with Crippen LogP contribution in [0.5, 0.6) is 5.75 Å². The number of benzene rings is 2. The Kier molecular flexibility index (Phi) is 7.10.